The van der Waals surface area contributed by atoms with Crippen LogP contribution >= 0.6 is 0 Å². The number of ether oxygens (including phenoxy) is 2. The van der Waals surface area contributed by atoms with Gasteiger partial charge in [-0.25, -0.2) is 8.78 Å². The van der Waals surface area contributed by atoms with Crippen LogP contribution in [-0.2, 0) is 20.8 Å². The summed E-state index contributed by atoms with van der Waals surface area (Å²) in [6, 6.07) is 11.9. The lowest BCUT2D eigenvalue weighted by Crippen LogP contribution is -2.50. The minimum absolute atomic E-state index is 0.00484. The smallest absolute Gasteiger partial charge is 0.323 e. The van der Waals surface area contributed by atoms with Gasteiger partial charge in [-0.05, 0) is 43.4 Å². The van der Waals surface area contributed by atoms with E-state index in [4.69, 9.17) is 9.47 Å². The molecule has 0 bridgehead atoms. The third-order valence-corrected chi connectivity index (χ3v) is 5.53. The summed E-state index contributed by atoms with van der Waals surface area (Å²) < 4.78 is 38.5. The first-order valence-electron chi connectivity index (χ1n) is 10.7. The molecule has 0 radical (unpaired) electrons. The Morgan fingerprint density at radius 2 is 1.84 bits per heavy atom. The minimum atomic E-state index is -0.776. The Kier molecular flexibility index (Phi) is 8.70. The maximum absolute atomic E-state index is 13.8. The van der Waals surface area contributed by atoms with E-state index in [1.807, 2.05) is 35.2 Å². The number of halogens is 2. The average Bonchev–Trinajstić information content (AvgIpc) is 2.78. The highest BCUT2D eigenvalue weighted by Gasteiger charge is 2.36. The first kappa shape index (κ1) is 23.8. The van der Waals surface area contributed by atoms with Crippen LogP contribution in [0.5, 0.6) is 0 Å². The van der Waals surface area contributed by atoms with Gasteiger partial charge in [-0.15, -0.1) is 0 Å². The fourth-order valence-electron chi connectivity index (χ4n) is 4.06. The number of esters is 1. The molecular formula is C24H28F2N2O4. The molecule has 6 nitrogen and oxygen atoms in total. The van der Waals surface area contributed by atoms with Crippen LogP contribution in [0.2, 0.25) is 0 Å². The molecule has 2 aromatic rings. The van der Waals surface area contributed by atoms with Gasteiger partial charge in [0.1, 0.15) is 23.4 Å². The van der Waals surface area contributed by atoms with E-state index >= 15 is 0 Å². The van der Waals surface area contributed by atoms with Crippen LogP contribution in [-0.4, -0.2) is 54.2 Å². The summed E-state index contributed by atoms with van der Waals surface area (Å²) in [5.41, 5.74) is 1.11. The van der Waals surface area contributed by atoms with Crippen molar-refractivity contribution in [1.82, 2.24) is 4.90 Å². The first-order valence-corrected chi connectivity index (χ1v) is 10.7. The zero-order valence-corrected chi connectivity index (χ0v) is 18.0. The van der Waals surface area contributed by atoms with Crippen LogP contribution < -0.4 is 0 Å². The van der Waals surface area contributed by atoms with Crippen molar-refractivity contribution in [2.75, 3.05) is 26.4 Å². The summed E-state index contributed by atoms with van der Waals surface area (Å²) in [6.45, 7) is 3.41. The van der Waals surface area contributed by atoms with Crippen molar-refractivity contribution in [2.24, 2.45) is 11.1 Å². The second kappa shape index (κ2) is 11.7. The summed E-state index contributed by atoms with van der Waals surface area (Å²) in [7, 11) is 0. The van der Waals surface area contributed by atoms with Gasteiger partial charge in [0, 0.05) is 37.9 Å². The molecule has 0 amide bonds. The SMILES string of the molecule is CCOC(=O)[C@H](C1CCOCC1)N(C/C(=N\O)c1cc(F)cc(F)c1)Cc1ccccc1. The van der Waals surface area contributed by atoms with Crippen LogP contribution in [0.25, 0.3) is 0 Å². The molecule has 1 heterocycles. The highest BCUT2D eigenvalue weighted by molar-refractivity contribution is 6.02. The highest BCUT2D eigenvalue weighted by atomic mass is 19.1. The van der Waals surface area contributed by atoms with E-state index < -0.39 is 17.7 Å². The lowest BCUT2D eigenvalue weighted by Gasteiger charge is -2.37. The monoisotopic (exact) mass is 446 g/mol. The lowest BCUT2D eigenvalue weighted by molar-refractivity contribution is -0.153. The molecule has 32 heavy (non-hydrogen) atoms. The van der Waals surface area contributed by atoms with Crippen molar-refractivity contribution in [1.29, 1.82) is 0 Å². The fraction of sp³-hybridized carbons (Fsp3) is 0.417. The van der Waals surface area contributed by atoms with E-state index in [0.717, 1.165) is 23.8 Å². The molecule has 3 rings (SSSR count). The fourth-order valence-corrected chi connectivity index (χ4v) is 4.06. The zero-order chi connectivity index (χ0) is 22.9. The first-order chi connectivity index (χ1) is 15.5. The number of nitrogens with zero attached hydrogens (tertiary/aromatic N) is 2. The summed E-state index contributed by atoms with van der Waals surface area (Å²) in [5.74, 6) is -1.96. The van der Waals surface area contributed by atoms with Gasteiger partial charge < -0.3 is 14.7 Å². The summed E-state index contributed by atoms with van der Waals surface area (Å²) in [6.07, 6.45) is 1.35. The molecule has 0 aliphatic carbocycles. The van der Waals surface area contributed by atoms with Crippen molar-refractivity contribution >= 4 is 11.7 Å². The third-order valence-electron chi connectivity index (χ3n) is 5.53. The van der Waals surface area contributed by atoms with Crippen LogP contribution in [0.3, 0.4) is 0 Å². The van der Waals surface area contributed by atoms with Crippen LogP contribution in [0.15, 0.2) is 53.7 Å². The van der Waals surface area contributed by atoms with E-state index in [-0.39, 0.29) is 36.3 Å². The van der Waals surface area contributed by atoms with E-state index in [9.17, 15) is 18.8 Å². The molecule has 0 aromatic heterocycles. The number of hydrogen-bond acceptors (Lipinski definition) is 6. The van der Waals surface area contributed by atoms with E-state index in [1.165, 1.54) is 0 Å². The summed E-state index contributed by atoms with van der Waals surface area (Å²) in [5, 5.41) is 13.0. The molecular weight excluding hydrogens is 418 g/mol. The normalized spacial score (nSPS) is 16.2. The zero-order valence-electron chi connectivity index (χ0n) is 18.0. The number of rotatable bonds is 9. The Hall–Kier alpha value is -2.84. The van der Waals surface area contributed by atoms with Gasteiger partial charge in [0.25, 0.3) is 0 Å². The molecule has 0 unspecified atom stereocenters. The molecule has 0 saturated carbocycles. The largest absolute Gasteiger partial charge is 0.465 e. The van der Waals surface area contributed by atoms with Gasteiger partial charge in [-0.2, -0.15) is 0 Å². The molecule has 1 saturated heterocycles. The Morgan fingerprint density at radius 3 is 2.44 bits per heavy atom. The highest BCUT2D eigenvalue weighted by Crippen LogP contribution is 2.26. The van der Waals surface area contributed by atoms with Gasteiger partial charge in [0.2, 0.25) is 0 Å². The van der Waals surface area contributed by atoms with E-state index in [0.29, 0.717) is 32.6 Å². The van der Waals surface area contributed by atoms with E-state index in [1.54, 1.807) is 6.92 Å². The van der Waals surface area contributed by atoms with Crippen molar-refractivity contribution < 1.29 is 28.3 Å². The molecule has 172 valence electrons. The van der Waals surface area contributed by atoms with Crippen LogP contribution in [0.4, 0.5) is 8.78 Å². The van der Waals surface area contributed by atoms with Crippen LogP contribution in [0, 0.1) is 17.6 Å². The summed E-state index contributed by atoms with van der Waals surface area (Å²) >= 11 is 0. The second-order valence-electron chi connectivity index (χ2n) is 7.74. The average molecular weight is 446 g/mol. The number of oxime groups is 1. The molecule has 1 atom stereocenters. The van der Waals surface area contributed by atoms with Gasteiger partial charge >= 0.3 is 5.97 Å². The van der Waals surface area contributed by atoms with Crippen molar-refractivity contribution in [2.45, 2.75) is 32.4 Å². The van der Waals surface area contributed by atoms with Crippen molar-refractivity contribution in [3.05, 3.63) is 71.3 Å². The van der Waals surface area contributed by atoms with Gasteiger partial charge in [-0.1, -0.05) is 35.5 Å². The third kappa shape index (κ3) is 6.34. The number of hydrogen-bond donors (Lipinski definition) is 1. The number of benzene rings is 2. The standard InChI is InChI=1S/C24H28F2N2O4/c1-2-32-24(29)23(18-8-10-31-11-9-18)28(15-17-6-4-3-5-7-17)16-22(27-30)19-12-20(25)14-21(26)13-19/h3-7,12-14,18,23,30H,2,8-11,15-16H2,1H3/b27-22+/t23-/m0/s1. The Labute approximate surface area is 186 Å². The van der Waals surface area contributed by atoms with Crippen LogP contribution in [0.1, 0.15) is 30.9 Å². The van der Waals surface area contributed by atoms with Crippen molar-refractivity contribution in [3.8, 4) is 0 Å². The molecule has 1 aliphatic rings. The molecule has 1 fully saturated rings. The van der Waals surface area contributed by atoms with Gasteiger partial charge in [0.05, 0.1) is 6.61 Å². The Bertz CT molecular complexity index is 897. The van der Waals surface area contributed by atoms with E-state index in [2.05, 4.69) is 5.16 Å². The maximum Gasteiger partial charge on any atom is 0.323 e. The maximum atomic E-state index is 13.8. The predicted molar refractivity (Wildman–Crippen MR) is 115 cm³/mol. The molecule has 1 N–H and O–H groups in total. The Balaban J connectivity index is 1.97. The molecule has 8 heteroatoms. The lowest BCUT2D eigenvalue weighted by atomic mass is 9.89. The Morgan fingerprint density at radius 1 is 1.19 bits per heavy atom. The molecule has 1 aliphatic heterocycles. The quantitative estimate of drug-likeness (QED) is 0.273. The molecule has 2 aromatic carbocycles. The number of carbonyl (C=O) groups is 1. The minimum Gasteiger partial charge on any atom is -0.465 e. The number of carbonyl (C=O) groups excluding carboxylic acids is 1. The van der Waals surface area contributed by atoms with Crippen molar-refractivity contribution in [3.63, 3.8) is 0 Å². The van der Waals surface area contributed by atoms with Gasteiger partial charge in [-0.3, -0.25) is 9.69 Å². The summed E-state index contributed by atoms with van der Waals surface area (Å²) in [4.78, 5) is 14.9. The van der Waals surface area contributed by atoms with Gasteiger partial charge in [0.15, 0.2) is 0 Å². The topological polar surface area (TPSA) is 71.4 Å². The second-order valence-corrected chi connectivity index (χ2v) is 7.74. The predicted octanol–water partition coefficient (Wildman–Crippen LogP) is 4.00. The molecule has 0 spiro atoms.